The van der Waals surface area contributed by atoms with Crippen molar-refractivity contribution in [3.63, 3.8) is 0 Å². The number of rotatable bonds is 6. The third kappa shape index (κ3) is 4.33. The van der Waals surface area contributed by atoms with E-state index in [-0.39, 0.29) is 0 Å². The molecule has 1 saturated heterocycles. The molecule has 0 atom stereocenters. The van der Waals surface area contributed by atoms with E-state index >= 15 is 0 Å². The van der Waals surface area contributed by atoms with E-state index in [0.717, 1.165) is 30.7 Å². The Morgan fingerprint density at radius 2 is 1.89 bits per heavy atom. The molecule has 146 valence electrons. The topological polar surface area (TPSA) is 71.6 Å². The molecule has 2 heterocycles. The van der Waals surface area contributed by atoms with Gasteiger partial charge in [0.1, 0.15) is 18.0 Å². The summed E-state index contributed by atoms with van der Waals surface area (Å²) in [7, 11) is 0. The average molecular weight is 371 g/mol. The molecule has 4 rings (SSSR count). The Bertz CT molecular complexity index is 729. The van der Waals surface area contributed by atoms with Crippen LogP contribution in [0.15, 0.2) is 28.8 Å². The molecule has 2 aliphatic rings. The predicted octanol–water partition coefficient (Wildman–Crippen LogP) is 3.61. The van der Waals surface area contributed by atoms with Crippen molar-refractivity contribution < 1.29 is 14.4 Å². The average Bonchev–Trinajstić information content (AvgIpc) is 3.37. The number of nitrogens with zero attached hydrogens (tertiary/aromatic N) is 3. The molecule has 1 aromatic carbocycles. The highest BCUT2D eigenvalue weighted by atomic mass is 16.5. The maximum atomic E-state index is 10.8. The van der Waals surface area contributed by atoms with Crippen LogP contribution in [0.5, 0.6) is 5.75 Å². The van der Waals surface area contributed by atoms with Gasteiger partial charge in [0.05, 0.1) is 0 Å². The number of aliphatic hydroxyl groups is 1. The van der Waals surface area contributed by atoms with Crippen LogP contribution >= 0.6 is 0 Å². The van der Waals surface area contributed by atoms with Crippen LogP contribution in [0.4, 0.5) is 0 Å². The fraction of sp³-hybridized carbons (Fsp3) is 0.619. The highest BCUT2D eigenvalue weighted by Crippen LogP contribution is 2.39. The van der Waals surface area contributed by atoms with Gasteiger partial charge >= 0.3 is 0 Å². The van der Waals surface area contributed by atoms with Gasteiger partial charge in [0.2, 0.25) is 5.82 Å². The van der Waals surface area contributed by atoms with Gasteiger partial charge in [-0.25, -0.2) is 0 Å². The van der Waals surface area contributed by atoms with E-state index in [0.29, 0.717) is 37.1 Å². The molecule has 2 fully saturated rings. The van der Waals surface area contributed by atoms with E-state index < -0.39 is 5.60 Å². The molecule has 27 heavy (non-hydrogen) atoms. The monoisotopic (exact) mass is 371 g/mol. The summed E-state index contributed by atoms with van der Waals surface area (Å²) < 4.78 is 11.2. The zero-order chi connectivity index (χ0) is 18.7. The summed E-state index contributed by atoms with van der Waals surface area (Å²) in [5.74, 6) is 2.35. The summed E-state index contributed by atoms with van der Waals surface area (Å²) in [6.45, 7) is 6.28. The molecule has 6 nitrogen and oxygen atoms in total. The van der Waals surface area contributed by atoms with E-state index in [2.05, 4.69) is 22.0 Å². The van der Waals surface area contributed by atoms with Crippen molar-refractivity contribution in [2.45, 2.75) is 51.0 Å². The predicted molar refractivity (Wildman–Crippen MR) is 102 cm³/mol. The van der Waals surface area contributed by atoms with Crippen LogP contribution in [0.25, 0.3) is 11.4 Å². The molecule has 1 aromatic heterocycles. The standard InChI is InChI=1S/C21H29N3O3/c1-16-8-10-21(25,11-9-16)20-22-19(23-27-20)17-4-6-18(7-5-17)26-15-14-24-12-2-3-13-24/h4-7,16,25H,2-3,8-15H2,1H3. The summed E-state index contributed by atoms with van der Waals surface area (Å²) in [6.07, 6.45) is 5.93. The number of likely N-dealkylation sites (tertiary alicyclic amines) is 1. The molecule has 1 aliphatic heterocycles. The number of ether oxygens (including phenoxy) is 1. The fourth-order valence-corrected chi connectivity index (χ4v) is 3.98. The maximum Gasteiger partial charge on any atom is 0.258 e. The van der Waals surface area contributed by atoms with Crippen LogP contribution in [0.2, 0.25) is 0 Å². The van der Waals surface area contributed by atoms with Gasteiger partial charge in [0.15, 0.2) is 0 Å². The van der Waals surface area contributed by atoms with Gasteiger partial charge < -0.3 is 14.4 Å². The molecular formula is C21H29N3O3. The van der Waals surface area contributed by atoms with Gasteiger partial charge in [-0.15, -0.1) is 0 Å². The van der Waals surface area contributed by atoms with Gasteiger partial charge in [-0.1, -0.05) is 12.1 Å². The van der Waals surface area contributed by atoms with Crippen LogP contribution in [-0.4, -0.2) is 46.4 Å². The minimum Gasteiger partial charge on any atom is -0.492 e. The Morgan fingerprint density at radius 3 is 2.59 bits per heavy atom. The first-order valence-corrected chi connectivity index (χ1v) is 10.1. The quantitative estimate of drug-likeness (QED) is 0.836. The largest absolute Gasteiger partial charge is 0.492 e. The van der Waals surface area contributed by atoms with E-state index in [1.807, 2.05) is 24.3 Å². The zero-order valence-electron chi connectivity index (χ0n) is 16.1. The number of hydrogen-bond acceptors (Lipinski definition) is 6. The van der Waals surface area contributed by atoms with Crippen LogP contribution in [0.3, 0.4) is 0 Å². The van der Waals surface area contributed by atoms with E-state index in [1.54, 1.807) is 0 Å². The Hall–Kier alpha value is -1.92. The number of aromatic nitrogens is 2. The lowest BCUT2D eigenvalue weighted by molar-refractivity contribution is -0.0384. The molecule has 0 amide bonds. The van der Waals surface area contributed by atoms with Crippen molar-refractivity contribution in [2.24, 2.45) is 5.92 Å². The van der Waals surface area contributed by atoms with Gasteiger partial charge in [-0.05, 0) is 81.8 Å². The first kappa shape index (κ1) is 18.4. The summed E-state index contributed by atoms with van der Waals surface area (Å²) in [5.41, 5.74) is -0.110. The second-order valence-electron chi connectivity index (χ2n) is 8.06. The van der Waals surface area contributed by atoms with Crippen molar-refractivity contribution >= 4 is 0 Å². The van der Waals surface area contributed by atoms with Crippen LogP contribution in [0.1, 0.15) is 51.3 Å². The minimum absolute atomic E-state index is 0.343. The van der Waals surface area contributed by atoms with Crippen LogP contribution in [0, 0.1) is 5.92 Å². The molecule has 0 unspecified atom stereocenters. The molecule has 0 spiro atoms. The smallest absolute Gasteiger partial charge is 0.258 e. The summed E-state index contributed by atoms with van der Waals surface area (Å²) in [6, 6.07) is 7.75. The lowest BCUT2D eigenvalue weighted by Gasteiger charge is -2.31. The molecule has 1 aliphatic carbocycles. The Kier molecular flexibility index (Phi) is 5.45. The minimum atomic E-state index is -0.976. The van der Waals surface area contributed by atoms with Crippen molar-refractivity contribution in [2.75, 3.05) is 26.2 Å². The maximum absolute atomic E-state index is 10.8. The Labute approximate surface area is 160 Å². The van der Waals surface area contributed by atoms with Crippen LogP contribution < -0.4 is 4.74 Å². The second kappa shape index (κ2) is 7.98. The summed E-state index contributed by atoms with van der Waals surface area (Å²) in [5, 5.41) is 14.9. The van der Waals surface area contributed by atoms with E-state index in [9.17, 15) is 5.11 Å². The second-order valence-corrected chi connectivity index (χ2v) is 8.06. The SMILES string of the molecule is CC1CCC(O)(c2nc(-c3ccc(OCCN4CCCC4)cc3)no2)CC1. The van der Waals surface area contributed by atoms with E-state index in [4.69, 9.17) is 9.26 Å². The van der Waals surface area contributed by atoms with Crippen LogP contribution in [-0.2, 0) is 5.60 Å². The Morgan fingerprint density at radius 1 is 1.19 bits per heavy atom. The molecular weight excluding hydrogens is 342 g/mol. The summed E-state index contributed by atoms with van der Waals surface area (Å²) >= 11 is 0. The first-order chi connectivity index (χ1) is 13.1. The van der Waals surface area contributed by atoms with Gasteiger partial charge in [-0.3, -0.25) is 4.90 Å². The van der Waals surface area contributed by atoms with Gasteiger partial charge in [0.25, 0.3) is 5.89 Å². The normalized spacial score (nSPS) is 26.4. The highest BCUT2D eigenvalue weighted by Gasteiger charge is 2.38. The first-order valence-electron chi connectivity index (χ1n) is 10.1. The molecule has 0 radical (unpaired) electrons. The van der Waals surface area contributed by atoms with Crippen molar-refractivity contribution in [1.29, 1.82) is 0 Å². The molecule has 2 aromatic rings. The zero-order valence-corrected chi connectivity index (χ0v) is 16.1. The molecule has 6 heteroatoms. The number of hydrogen-bond donors (Lipinski definition) is 1. The van der Waals surface area contributed by atoms with Crippen molar-refractivity contribution in [3.05, 3.63) is 30.2 Å². The highest BCUT2D eigenvalue weighted by molar-refractivity contribution is 5.55. The van der Waals surface area contributed by atoms with Crippen molar-refractivity contribution in [3.8, 4) is 17.1 Å². The lowest BCUT2D eigenvalue weighted by Crippen LogP contribution is -2.31. The van der Waals surface area contributed by atoms with Gasteiger partial charge in [-0.2, -0.15) is 4.98 Å². The summed E-state index contributed by atoms with van der Waals surface area (Å²) in [4.78, 5) is 6.91. The van der Waals surface area contributed by atoms with Crippen molar-refractivity contribution in [1.82, 2.24) is 15.0 Å². The molecule has 1 N–H and O–H groups in total. The third-order valence-electron chi connectivity index (χ3n) is 5.91. The van der Waals surface area contributed by atoms with E-state index in [1.165, 1.54) is 25.9 Å². The number of benzene rings is 1. The molecule has 0 bridgehead atoms. The van der Waals surface area contributed by atoms with Gasteiger partial charge in [0, 0.05) is 12.1 Å². The third-order valence-corrected chi connectivity index (χ3v) is 5.91. The lowest BCUT2D eigenvalue weighted by atomic mass is 9.79. The fourth-order valence-electron chi connectivity index (χ4n) is 3.98. The molecule has 1 saturated carbocycles. The Balaban J connectivity index is 1.35.